The number of rotatable bonds is 5. The number of nitrogens with two attached hydrogens (primary N) is 1. The molecular formula is C13H19N3OS. The van der Waals surface area contributed by atoms with Crippen molar-refractivity contribution < 1.29 is 4.74 Å². The van der Waals surface area contributed by atoms with E-state index in [9.17, 15) is 0 Å². The summed E-state index contributed by atoms with van der Waals surface area (Å²) in [5, 5.41) is 0. The molecule has 18 heavy (non-hydrogen) atoms. The molecule has 1 saturated heterocycles. The zero-order valence-corrected chi connectivity index (χ0v) is 11.4. The Labute approximate surface area is 113 Å². The lowest BCUT2D eigenvalue weighted by molar-refractivity contribution is 0.115. The van der Waals surface area contributed by atoms with Gasteiger partial charge in [-0.3, -0.25) is 4.98 Å². The quantitative estimate of drug-likeness (QED) is 0.822. The van der Waals surface area contributed by atoms with E-state index in [-0.39, 0.29) is 0 Å². The van der Waals surface area contributed by atoms with Crippen LogP contribution in [-0.2, 0) is 4.74 Å². The van der Waals surface area contributed by atoms with Crippen LogP contribution in [0.4, 0.5) is 5.69 Å². The number of aromatic nitrogens is 1. The molecule has 1 aromatic rings. The fourth-order valence-corrected chi connectivity index (χ4v) is 2.31. The smallest absolute Gasteiger partial charge is 0.122 e. The minimum atomic E-state index is 0.338. The van der Waals surface area contributed by atoms with E-state index in [1.807, 2.05) is 12.1 Å². The van der Waals surface area contributed by atoms with Crippen molar-refractivity contribution >= 4 is 22.9 Å². The van der Waals surface area contributed by atoms with Gasteiger partial charge in [0.25, 0.3) is 0 Å². The summed E-state index contributed by atoms with van der Waals surface area (Å²) in [6.07, 6.45) is 4.40. The van der Waals surface area contributed by atoms with Crippen LogP contribution in [0.5, 0.6) is 0 Å². The third-order valence-corrected chi connectivity index (χ3v) is 3.40. The van der Waals surface area contributed by atoms with Gasteiger partial charge in [0.1, 0.15) is 4.99 Å². The fraction of sp³-hybridized carbons (Fsp3) is 0.538. The molecule has 98 valence electrons. The Morgan fingerprint density at radius 1 is 1.67 bits per heavy atom. The lowest BCUT2D eigenvalue weighted by Crippen LogP contribution is -2.32. The SMILES string of the molecule is CCN(CC1CCCO1)c1ccnc(C(N)=S)c1. The number of hydrogen-bond donors (Lipinski definition) is 1. The van der Waals surface area contributed by atoms with Gasteiger partial charge in [0.15, 0.2) is 0 Å². The van der Waals surface area contributed by atoms with E-state index >= 15 is 0 Å². The maximum atomic E-state index is 5.68. The van der Waals surface area contributed by atoms with Crippen molar-refractivity contribution in [1.82, 2.24) is 4.98 Å². The van der Waals surface area contributed by atoms with Crippen molar-refractivity contribution in [2.75, 3.05) is 24.6 Å². The van der Waals surface area contributed by atoms with Gasteiger partial charge in [0, 0.05) is 31.6 Å². The van der Waals surface area contributed by atoms with Crippen LogP contribution in [0.25, 0.3) is 0 Å². The van der Waals surface area contributed by atoms with Gasteiger partial charge in [0.05, 0.1) is 11.8 Å². The van der Waals surface area contributed by atoms with Crippen molar-refractivity contribution in [1.29, 1.82) is 0 Å². The number of likely N-dealkylation sites (N-methyl/N-ethyl adjacent to an activating group) is 1. The largest absolute Gasteiger partial charge is 0.388 e. The Hall–Kier alpha value is -1.20. The molecule has 1 fully saturated rings. The molecule has 0 bridgehead atoms. The Kier molecular flexibility index (Phi) is 4.49. The molecule has 0 saturated carbocycles. The summed E-state index contributed by atoms with van der Waals surface area (Å²) in [4.78, 5) is 6.78. The molecule has 0 amide bonds. The number of nitrogens with zero attached hydrogens (tertiary/aromatic N) is 2. The predicted octanol–water partition coefficient (Wildman–Crippen LogP) is 1.72. The molecular weight excluding hydrogens is 246 g/mol. The van der Waals surface area contributed by atoms with Crippen molar-refractivity contribution in [3.63, 3.8) is 0 Å². The highest BCUT2D eigenvalue weighted by atomic mass is 32.1. The first-order valence-electron chi connectivity index (χ1n) is 6.33. The molecule has 1 aliphatic heterocycles. The average molecular weight is 265 g/mol. The molecule has 1 unspecified atom stereocenters. The highest BCUT2D eigenvalue weighted by Crippen LogP contribution is 2.19. The standard InChI is InChI=1S/C13H19N3OS/c1-2-16(9-11-4-3-7-17-11)10-5-6-15-12(8-10)13(14)18/h5-6,8,11H,2-4,7,9H2,1H3,(H2,14,18). The second-order valence-corrected chi connectivity index (χ2v) is 4.88. The zero-order valence-electron chi connectivity index (χ0n) is 10.6. The Morgan fingerprint density at radius 3 is 3.11 bits per heavy atom. The van der Waals surface area contributed by atoms with Crippen LogP contribution in [0.15, 0.2) is 18.3 Å². The van der Waals surface area contributed by atoms with Gasteiger partial charge in [-0.1, -0.05) is 12.2 Å². The van der Waals surface area contributed by atoms with Crippen molar-refractivity contribution in [3.05, 3.63) is 24.0 Å². The van der Waals surface area contributed by atoms with Gasteiger partial charge in [-0.2, -0.15) is 0 Å². The summed E-state index contributed by atoms with van der Waals surface area (Å²) >= 11 is 4.96. The van der Waals surface area contributed by atoms with E-state index in [1.54, 1.807) is 6.20 Å². The molecule has 0 radical (unpaired) electrons. The molecule has 2 heterocycles. The highest BCUT2D eigenvalue weighted by molar-refractivity contribution is 7.80. The van der Waals surface area contributed by atoms with Crippen molar-refractivity contribution in [3.8, 4) is 0 Å². The number of hydrogen-bond acceptors (Lipinski definition) is 4. The topological polar surface area (TPSA) is 51.4 Å². The Bertz CT molecular complexity index is 418. The summed E-state index contributed by atoms with van der Waals surface area (Å²) < 4.78 is 5.68. The highest BCUT2D eigenvalue weighted by Gasteiger charge is 2.19. The summed E-state index contributed by atoms with van der Waals surface area (Å²) in [6.45, 7) is 4.87. The van der Waals surface area contributed by atoms with Crippen LogP contribution in [0.1, 0.15) is 25.5 Å². The van der Waals surface area contributed by atoms with E-state index in [4.69, 9.17) is 22.7 Å². The monoisotopic (exact) mass is 265 g/mol. The molecule has 1 atom stereocenters. The maximum absolute atomic E-state index is 5.68. The Balaban J connectivity index is 2.10. The van der Waals surface area contributed by atoms with Crippen molar-refractivity contribution in [2.24, 2.45) is 5.73 Å². The molecule has 5 heteroatoms. The summed E-state index contributed by atoms with van der Waals surface area (Å²) in [6, 6.07) is 3.93. The van der Waals surface area contributed by atoms with E-state index in [0.717, 1.165) is 38.2 Å². The summed E-state index contributed by atoms with van der Waals surface area (Å²) in [5.41, 5.74) is 7.39. The number of thiocarbonyl (C=S) groups is 1. The fourth-order valence-electron chi connectivity index (χ4n) is 2.20. The third-order valence-electron chi connectivity index (χ3n) is 3.19. The minimum absolute atomic E-state index is 0.338. The molecule has 0 aliphatic carbocycles. The molecule has 2 rings (SSSR count). The van der Waals surface area contributed by atoms with Gasteiger partial charge >= 0.3 is 0 Å². The minimum Gasteiger partial charge on any atom is -0.388 e. The first kappa shape index (κ1) is 13.2. The molecule has 0 spiro atoms. The predicted molar refractivity (Wildman–Crippen MR) is 77.0 cm³/mol. The van der Waals surface area contributed by atoms with E-state index in [0.29, 0.717) is 16.8 Å². The summed E-state index contributed by atoms with van der Waals surface area (Å²) in [5.74, 6) is 0. The molecule has 1 aromatic heterocycles. The van der Waals surface area contributed by atoms with Crippen LogP contribution >= 0.6 is 12.2 Å². The van der Waals surface area contributed by atoms with Gasteiger partial charge < -0.3 is 15.4 Å². The first-order chi connectivity index (χ1) is 8.70. The lowest BCUT2D eigenvalue weighted by Gasteiger charge is -2.26. The van der Waals surface area contributed by atoms with E-state index < -0.39 is 0 Å². The lowest BCUT2D eigenvalue weighted by atomic mass is 10.2. The third kappa shape index (κ3) is 3.17. The number of pyridine rings is 1. The van der Waals surface area contributed by atoms with Crippen LogP contribution in [0.3, 0.4) is 0 Å². The van der Waals surface area contributed by atoms with Crippen LogP contribution in [-0.4, -0.2) is 35.8 Å². The van der Waals surface area contributed by atoms with Gasteiger partial charge in [-0.15, -0.1) is 0 Å². The molecule has 1 aliphatic rings. The molecule has 4 nitrogen and oxygen atoms in total. The van der Waals surface area contributed by atoms with Crippen LogP contribution in [0.2, 0.25) is 0 Å². The maximum Gasteiger partial charge on any atom is 0.122 e. The number of anilines is 1. The van der Waals surface area contributed by atoms with Crippen molar-refractivity contribution in [2.45, 2.75) is 25.9 Å². The summed E-state index contributed by atoms with van der Waals surface area (Å²) in [7, 11) is 0. The Morgan fingerprint density at radius 2 is 2.50 bits per heavy atom. The zero-order chi connectivity index (χ0) is 13.0. The van der Waals surface area contributed by atoms with Crippen LogP contribution in [0, 0.1) is 0 Å². The van der Waals surface area contributed by atoms with E-state index in [2.05, 4.69) is 16.8 Å². The second-order valence-electron chi connectivity index (χ2n) is 4.44. The average Bonchev–Trinajstić information content (AvgIpc) is 2.89. The van der Waals surface area contributed by atoms with Gasteiger partial charge in [-0.05, 0) is 31.9 Å². The first-order valence-corrected chi connectivity index (χ1v) is 6.74. The number of ether oxygens (including phenoxy) is 1. The molecule has 0 aromatic carbocycles. The van der Waals surface area contributed by atoms with Crippen LogP contribution < -0.4 is 10.6 Å². The molecule has 2 N–H and O–H groups in total. The normalized spacial score (nSPS) is 18.8. The van der Waals surface area contributed by atoms with Gasteiger partial charge in [-0.25, -0.2) is 0 Å². The van der Waals surface area contributed by atoms with Gasteiger partial charge in [0.2, 0.25) is 0 Å². The van der Waals surface area contributed by atoms with E-state index in [1.165, 1.54) is 0 Å². The second kappa shape index (κ2) is 6.11.